The molecule has 0 amide bonds. The van der Waals surface area contributed by atoms with Gasteiger partial charge < -0.3 is 9.47 Å². The standard InChI is InChI=1S/C26H30O3/c1-4-19-15-22(17-20-7-11-24(12-8-20)28-5-2)26(27)23(16-19)18-21-9-13-25(14-10-21)29-6-3/h7-14,17-19H,4-6,15-16H2,1-3H3/b22-17-,23-18+. The molecule has 0 N–H and O–H groups in total. The van der Waals surface area contributed by atoms with Crippen LogP contribution in [0.1, 0.15) is 51.2 Å². The largest absolute Gasteiger partial charge is 0.494 e. The molecule has 152 valence electrons. The number of ketones is 1. The summed E-state index contributed by atoms with van der Waals surface area (Å²) in [6, 6.07) is 15.9. The van der Waals surface area contributed by atoms with Gasteiger partial charge in [-0.25, -0.2) is 0 Å². The lowest BCUT2D eigenvalue weighted by Crippen LogP contribution is -2.19. The van der Waals surface area contributed by atoms with Gasteiger partial charge in [0.05, 0.1) is 13.2 Å². The van der Waals surface area contributed by atoms with E-state index in [1.807, 2.05) is 74.5 Å². The monoisotopic (exact) mass is 390 g/mol. The third kappa shape index (κ3) is 5.60. The Balaban J connectivity index is 1.84. The number of Topliss-reactive ketones (excluding diaryl/α,β-unsaturated/α-hetero) is 1. The Kier molecular flexibility index (Phi) is 7.29. The first kappa shape index (κ1) is 20.9. The fourth-order valence-electron chi connectivity index (χ4n) is 3.68. The number of allylic oxidation sites excluding steroid dienone is 2. The number of carbonyl (C=O) groups is 1. The van der Waals surface area contributed by atoms with Gasteiger partial charge in [-0.05, 0) is 80.2 Å². The van der Waals surface area contributed by atoms with Gasteiger partial charge in [0.2, 0.25) is 0 Å². The lowest BCUT2D eigenvalue weighted by molar-refractivity contribution is -0.113. The molecule has 0 aliphatic heterocycles. The van der Waals surface area contributed by atoms with Crippen LogP contribution in [0.25, 0.3) is 12.2 Å². The normalized spacial score (nSPS) is 19.6. The van der Waals surface area contributed by atoms with E-state index in [0.717, 1.165) is 53.0 Å². The van der Waals surface area contributed by atoms with Crippen molar-refractivity contribution in [2.24, 2.45) is 5.92 Å². The summed E-state index contributed by atoms with van der Waals surface area (Å²) in [6.07, 6.45) is 6.80. The maximum atomic E-state index is 13.1. The summed E-state index contributed by atoms with van der Waals surface area (Å²) in [6.45, 7) is 7.44. The van der Waals surface area contributed by atoms with E-state index in [1.54, 1.807) is 0 Å². The van der Waals surface area contributed by atoms with Crippen molar-refractivity contribution in [3.05, 3.63) is 70.8 Å². The summed E-state index contributed by atoms with van der Waals surface area (Å²) in [5.74, 6) is 2.37. The summed E-state index contributed by atoms with van der Waals surface area (Å²) >= 11 is 0. The Morgan fingerprint density at radius 2 is 1.17 bits per heavy atom. The van der Waals surface area contributed by atoms with Gasteiger partial charge >= 0.3 is 0 Å². The highest BCUT2D eigenvalue weighted by Gasteiger charge is 2.26. The molecule has 0 radical (unpaired) electrons. The van der Waals surface area contributed by atoms with E-state index in [1.165, 1.54) is 0 Å². The molecule has 1 atom stereocenters. The van der Waals surface area contributed by atoms with E-state index in [4.69, 9.17) is 9.47 Å². The van der Waals surface area contributed by atoms with E-state index >= 15 is 0 Å². The number of benzene rings is 2. The predicted octanol–water partition coefficient (Wildman–Crippen LogP) is 6.34. The van der Waals surface area contributed by atoms with Gasteiger partial charge in [0, 0.05) is 11.1 Å². The third-order valence-electron chi connectivity index (χ3n) is 5.24. The SMILES string of the molecule is CCOc1ccc(/C=C2/CC(CC)C/C(=C\c3ccc(OCC)cc3)C2=O)cc1. The first-order chi connectivity index (χ1) is 14.1. The van der Waals surface area contributed by atoms with Crippen LogP contribution in [0, 0.1) is 5.92 Å². The number of hydrogen-bond donors (Lipinski definition) is 0. The Morgan fingerprint density at radius 3 is 1.52 bits per heavy atom. The average Bonchev–Trinajstić information content (AvgIpc) is 2.74. The van der Waals surface area contributed by atoms with Crippen LogP contribution in [0.5, 0.6) is 11.5 Å². The topological polar surface area (TPSA) is 35.5 Å². The van der Waals surface area contributed by atoms with Gasteiger partial charge in [-0.3, -0.25) is 4.79 Å². The molecule has 3 nitrogen and oxygen atoms in total. The average molecular weight is 391 g/mol. The third-order valence-corrected chi connectivity index (χ3v) is 5.24. The molecule has 2 aromatic rings. The molecular weight excluding hydrogens is 360 g/mol. The molecule has 2 aromatic carbocycles. The smallest absolute Gasteiger partial charge is 0.185 e. The maximum absolute atomic E-state index is 13.1. The Morgan fingerprint density at radius 1 is 0.759 bits per heavy atom. The van der Waals surface area contributed by atoms with Gasteiger partial charge in [-0.2, -0.15) is 0 Å². The zero-order chi connectivity index (χ0) is 20.6. The summed E-state index contributed by atoms with van der Waals surface area (Å²) in [4.78, 5) is 13.1. The van der Waals surface area contributed by atoms with E-state index < -0.39 is 0 Å². The second-order valence-corrected chi connectivity index (χ2v) is 7.35. The van der Waals surface area contributed by atoms with Crippen molar-refractivity contribution in [2.75, 3.05) is 13.2 Å². The minimum atomic E-state index is 0.164. The van der Waals surface area contributed by atoms with Crippen LogP contribution in [0.3, 0.4) is 0 Å². The zero-order valence-corrected chi connectivity index (χ0v) is 17.6. The van der Waals surface area contributed by atoms with Gasteiger partial charge in [-0.1, -0.05) is 37.6 Å². The second-order valence-electron chi connectivity index (χ2n) is 7.35. The highest BCUT2D eigenvalue weighted by molar-refractivity contribution is 6.14. The molecule has 3 rings (SSSR count). The minimum Gasteiger partial charge on any atom is -0.494 e. The summed E-state index contributed by atoms with van der Waals surface area (Å²) in [5.41, 5.74) is 3.86. The van der Waals surface area contributed by atoms with Gasteiger partial charge in [0.15, 0.2) is 5.78 Å². The van der Waals surface area contributed by atoms with Crippen LogP contribution < -0.4 is 9.47 Å². The molecular formula is C26H30O3. The van der Waals surface area contributed by atoms with E-state index in [9.17, 15) is 4.79 Å². The molecule has 0 spiro atoms. The van der Waals surface area contributed by atoms with Crippen LogP contribution >= 0.6 is 0 Å². The lowest BCUT2D eigenvalue weighted by Gasteiger charge is -2.25. The van der Waals surface area contributed by atoms with Crippen LogP contribution in [0.15, 0.2) is 59.7 Å². The van der Waals surface area contributed by atoms with Crippen molar-refractivity contribution in [3.8, 4) is 11.5 Å². The molecule has 1 saturated carbocycles. The van der Waals surface area contributed by atoms with Crippen molar-refractivity contribution in [1.29, 1.82) is 0 Å². The number of rotatable bonds is 7. The Hall–Kier alpha value is -2.81. The van der Waals surface area contributed by atoms with Crippen LogP contribution in [-0.4, -0.2) is 19.0 Å². The lowest BCUT2D eigenvalue weighted by atomic mass is 9.78. The molecule has 3 heteroatoms. The first-order valence-corrected chi connectivity index (χ1v) is 10.5. The van der Waals surface area contributed by atoms with Crippen molar-refractivity contribution in [2.45, 2.75) is 40.0 Å². The van der Waals surface area contributed by atoms with Gasteiger partial charge in [-0.15, -0.1) is 0 Å². The van der Waals surface area contributed by atoms with Crippen molar-refractivity contribution in [1.82, 2.24) is 0 Å². The summed E-state index contributed by atoms with van der Waals surface area (Å²) in [5, 5.41) is 0. The van der Waals surface area contributed by atoms with Crippen LogP contribution in [0.2, 0.25) is 0 Å². The van der Waals surface area contributed by atoms with Crippen molar-refractivity contribution < 1.29 is 14.3 Å². The van der Waals surface area contributed by atoms with Crippen molar-refractivity contribution >= 4 is 17.9 Å². The molecule has 0 saturated heterocycles. The fourth-order valence-corrected chi connectivity index (χ4v) is 3.68. The van der Waals surface area contributed by atoms with E-state index in [-0.39, 0.29) is 5.78 Å². The van der Waals surface area contributed by atoms with Crippen molar-refractivity contribution in [3.63, 3.8) is 0 Å². The molecule has 1 aliphatic rings. The zero-order valence-electron chi connectivity index (χ0n) is 17.6. The summed E-state index contributed by atoms with van der Waals surface area (Å²) in [7, 11) is 0. The summed E-state index contributed by atoms with van der Waals surface area (Å²) < 4.78 is 11.0. The molecule has 1 aliphatic carbocycles. The molecule has 1 unspecified atom stereocenters. The van der Waals surface area contributed by atoms with E-state index in [2.05, 4.69) is 6.92 Å². The molecule has 1 fully saturated rings. The highest BCUT2D eigenvalue weighted by atomic mass is 16.5. The number of carbonyl (C=O) groups excluding carboxylic acids is 1. The molecule has 0 heterocycles. The Labute approximate surface area is 174 Å². The predicted molar refractivity (Wildman–Crippen MR) is 119 cm³/mol. The highest BCUT2D eigenvalue weighted by Crippen LogP contribution is 2.34. The molecule has 29 heavy (non-hydrogen) atoms. The fraction of sp³-hybridized carbons (Fsp3) is 0.346. The second kappa shape index (κ2) is 10.1. The first-order valence-electron chi connectivity index (χ1n) is 10.5. The minimum absolute atomic E-state index is 0.164. The van der Waals surface area contributed by atoms with Gasteiger partial charge in [0.25, 0.3) is 0 Å². The van der Waals surface area contributed by atoms with Gasteiger partial charge in [0.1, 0.15) is 11.5 Å². The maximum Gasteiger partial charge on any atom is 0.185 e. The van der Waals surface area contributed by atoms with Crippen LogP contribution in [-0.2, 0) is 4.79 Å². The van der Waals surface area contributed by atoms with Crippen LogP contribution in [0.4, 0.5) is 0 Å². The quantitative estimate of drug-likeness (QED) is 0.518. The molecule has 0 aromatic heterocycles. The van der Waals surface area contributed by atoms with E-state index in [0.29, 0.717) is 19.1 Å². The Bertz CT molecular complexity index is 802. The number of ether oxygens (including phenoxy) is 2. The molecule has 0 bridgehead atoms. The number of hydrogen-bond acceptors (Lipinski definition) is 3.